The summed E-state index contributed by atoms with van der Waals surface area (Å²) in [5, 5.41) is 3.50. The highest BCUT2D eigenvalue weighted by atomic mass is 16.5. The second-order valence-electron chi connectivity index (χ2n) is 4.46. The van der Waals surface area contributed by atoms with E-state index < -0.39 is 0 Å². The van der Waals surface area contributed by atoms with Gasteiger partial charge < -0.3 is 10.1 Å². The topological polar surface area (TPSA) is 34.1 Å². The van der Waals surface area contributed by atoms with Gasteiger partial charge in [-0.2, -0.15) is 0 Å². The average Bonchev–Trinajstić information content (AvgIpc) is 2.40. The van der Waals surface area contributed by atoms with Crippen LogP contribution in [0.25, 0.3) is 0 Å². The number of aromatic nitrogens is 1. The maximum atomic E-state index is 5.42. The maximum Gasteiger partial charge on any atom is 0.0480 e. The molecule has 1 aromatic heterocycles. The zero-order chi connectivity index (χ0) is 13.2. The van der Waals surface area contributed by atoms with Crippen molar-refractivity contribution in [3.8, 4) is 0 Å². The lowest BCUT2D eigenvalue weighted by atomic mass is 10.1. The first-order chi connectivity index (χ1) is 8.80. The van der Waals surface area contributed by atoms with Gasteiger partial charge in [0.2, 0.25) is 0 Å². The molecule has 0 radical (unpaired) electrons. The smallest absolute Gasteiger partial charge is 0.0480 e. The summed E-state index contributed by atoms with van der Waals surface area (Å²) in [4.78, 5) is 4.52. The van der Waals surface area contributed by atoms with E-state index in [2.05, 4.69) is 36.3 Å². The van der Waals surface area contributed by atoms with Gasteiger partial charge in [0.15, 0.2) is 0 Å². The van der Waals surface area contributed by atoms with Crippen molar-refractivity contribution in [2.75, 3.05) is 19.8 Å². The quantitative estimate of drug-likeness (QED) is 0.684. The first-order valence-corrected chi connectivity index (χ1v) is 7.05. The predicted octanol–water partition coefficient (Wildman–Crippen LogP) is 2.59. The summed E-state index contributed by atoms with van der Waals surface area (Å²) in [5.41, 5.74) is 2.46. The molecule has 0 aliphatic heterocycles. The van der Waals surface area contributed by atoms with E-state index >= 15 is 0 Å². The summed E-state index contributed by atoms with van der Waals surface area (Å²) < 4.78 is 5.42. The average molecular weight is 250 g/mol. The molecule has 18 heavy (non-hydrogen) atoms. The van der Waals surface area contributed by atoms with Crippen molar-refractivity contribution >= 4 is 0 Å². The van der Waals surface area contributed by atoms with Crippen LogP contribution in [0.15, 0.2) is 18.3 Å². The van der Waals surface area contributed by atoms with Crippen molar-refractivity contribution in [2.24, 2.45) is 0 Å². The van der Waals surface area contributed by atoms with Gasteiger partial charge in [0.05, 0.1) is 0 Å². The number of hydrogen-bond donors (Lipinski definition) is 1. The first kappa shape index (κ1) is 15.1. The normalized spacial score (nSPS) is 12.6. The fourth-order valence-electron chi connectivity index (χ4n) is 1.97. The van der Waals surface area contributed by atoms with Crippen LogP contribution in [0.5, 0.6) is 0 Å². The lowest BCUT2D eigenvalue weighted by Gasteiger charge is -2.17. The van der Waals surface area contributed by atoms with Crippen molar-refractivity contribution in [1.29, 1.82) is 0 Å². The Labute approximate surface area is 111 Å². The van der Waals surface area contributed by atoms with Crippen LogP contribution in [0.3, 0.4) is 0 Å². The molecule has 0 aliphatic carbocycles. The molecule has 102 valence electrons. The monoisotopic (exact) mass is 250 g/mol. The minimum atomic E-state index is 0.460. The fourth-order valence-corrected chi connectivity index (χ4v) is 1.97. The summed E-state index contributed by atoms with van der Waals surface area (Å²) in [5.74, 6) is 0. The van der Waals surface area contributed by atoms with E-state index in [-0.39, 0.29) is 0 Å². The number of ether oxygens (including phenoxy) is 1. The fraction of sp³-hybridized carbons (Fsp3) is 0.667. The zero-order valence-corrected chi connectivity index (χ0v) is 11.9. The number of nitrogens with one attached hydrogen (secondary N) is 1. The van der Waals surface area contributed by atoms with Crippen LogP contribution in [0.2, 0.25) is 0 Å². The molecule has 0 amide bonds. The summed E-state index contributed by atoms with van der Waals surface area (Å²) in [6, 6.07) is 4.78. The van der Waals surface area contributed by atoms with Gasteiger partial charge in [-0.1, -0.05) is 19.9 Å². The van der Waals surface area contributed by atoms with Gasteiger partial charge >= 0.3 is 0 Å². The van der Waals surface area contributed by atoms with Crippen molar-refractivity contribution in [2.45, 2.75) is 46.1 Å². The van der Waals surface area contributed by atoms with Crippen LogP contribution in [-0.4, -0.2) is 30.8 Å². The molecule has 0 saturated carbocycles. The molecule has 1 heterocycles. The largest absolute Gasteiger partial charge is 0.382 e. The zero-order valence-electron chi connectivity index (χ0n) is 11.9. The standard InChI is InChI=1S/C15H26N2O/c1-4-13-7-8-14(17-12-13)11-15(16-5-2)9-10-18-6-3/h7-8,12,15-16H,4-6,9-11H2,1-3H3. The van der Waals surface area contributed by atoms with Gasteiger partial charge in [0.1, 0.15) is 0 Å². The highest BCUT2D eigenvalue weighted by Gasteiger charge is 2.09. The molecule has 1 N–H and O–H groups in total. The van der Waals surface area contributed by atoms with E-state index in [0.29, 0.717) is 6.04 Å². The molecule has 1 rings (SSSR count). The number of likely N-dealkylation sites (N-methyl/N-ethyl adjacent to an activating group) is 1. The van der Waals surface area contributed by atoms with E-state index in [1.54, 1.807) is 0 Å². The van der Waals surface area contributed by atoms with E-state index in [9.17, 15) is 0 Å². The molecule has 3 heteroatoms. The van der Waals surface area contributed by atoms with E-state index in [4.69, 9.17) is 4.74 Å². The van der Waals surface area contributed by atoms with Crippen molar-refractivity contribution in [1.82, 2.24) is 10.3 Å². The van der Waals surface area contributed by atoms with Crippen LogP contribution in [0.1, 0.15) is 38.4 Å². The minimum absolute atomic E-state index is 0.460. The third-order valence-electron chi connectivity index (χ3n) is 3.06. The Morgan fingerprint density at radius 1 is 1.28 bits per heavy atom. The van der Waals surface area contributed by atoms with Crippen molar-refractivity contribution in [3.63, 3.8) is 0 Å². The van der Waals surface area contributed by atoms with E-state index in [1.165, 1.54) is 5.56 Å². The molecule has 0 aliphatic rings. The highest BCUT2D eigenvalue weighted by molar-refractivity contribution is 5.14. The second-order valence-corrected chi connectivity index (χ2v) is 4.46. The second kappa shape index (κ2) is 9.06. The summed E-state index contributed by atoms with van der Waals surface area (Å²) in [7, 11) is 0. The molecule has 1 atom stereocenters. The summed E-state index contributed by atoms with van der Waals surface area (Å²) >= 11 is 0. The van der Waals surface area contributed by atoms with Crippen molar-refractivity contribution < 1.29 is 4.74 Å². The Balaban J connectivity index is 2.47. The number of aryl methyl sites for hydroxylation is 1. The lowest BCUT2D eigenvalue weighted by Crippen LogP contribution is -2.32. The lowest BCUT2D eigenvalue weighted by molar-refractivity contribution is 0.136. The van der Waals surface area contributed by atoms with Gasteiger partial charge in [-0.25, -0.2) is 0 Å². The third-order valence-corrected chi connectivity index (χ3v) is 3.06. The van der Waals surface area contributed by atoms with E-state index in [1.807, 2.05) is 13.1 Å². The SMILES string of the molecule is CCNC(CCOCC)Cc1ccc(CC)cn1. The molecule has 0 aromatic carbocycles. The predicted molar refractivity (Wildman–Crippen MR) is 75.9 cm³/mol. The van der Waals surface area contributed by atoms with Crippen LogP contribution >= 0.6 is 0 Å². The number of hydrogen-bond acceptors (Lipinski definition) is 3. The minimum Gasteiger partial charge on any atom is -0.382 e. The van der Waals surface area contributed by atoms with Gasteiger partial charge in [0, 0.05) is 37.6 Å². The van der Waals surface area contributed by atoms with Gasteiger partial charge in [-0.3, -0.25) is 4.98 Å². The number of rotatable bonds is 9. The maximum absolute atomic E-state index is 5.42. The van der Waals surface area contributed by atoms with Gasteiger partial charge in [-0.05, 0) is 37.9 Å². The molecule has 1 aromatic rings. The molecule has 3 nitrogen and oxygen atoms in total. The number of pyridine rings is 1. The number of nitrogens with zero attached hydrogens (tertiary/aromatic N) is 1. The van der Waals surface area contributed by atoms with Crippen LogP contribution in [0, 0.1) is 0 Å². The van der Waals surface area contributed by atoms with Crippen LogP contribution < -0.4 is 5.32 Å². The Morgan fingerprint density at radius 3 is 2.67 bits per heavy atom. The molecular formula is C15H26N2O. The van der Waals surface area contributed by atoms with Gasteiger partial charge in [0.25, 0.3) is 0 Å². The molecular weight excluding hydrogens is 224 g/mol. The first-order valence-electron chi connectivity index (χ1n) is 7.05. The van der Waals surface area contributed by atoms with Crippen LogP contribution in [0.4, 0.5) is 0 Å². The van der Waals surface area contributed by atoms with Crippen molar-refractivity contribution in [3.05, 3.63) is 29.6 Å². The Bertz CT molecular complexity index is 311. The molecule has 0 saturated heterocycles. The highest BCUT2D eigenvalue weighted by Crippen LogP contribution is 2.06. The summed E-state index contributed by atoms with van der Waals surface area (Å²) in [6.45, 7) is 8.93. The molecule has 0 fully saturated rings. The van der Waals surface area contributed by atoms with Gasteiger partial charge in [-0.15, -0.1) is 0 Å². The summed E-state index contributed by atoms with van der Waals surface area (Å²) in [6.07, 6.45) is 5.05. The molecule has 0 spiro atoms. The van der Waals surface area contributed by atoms with E-state index in [0.717, 1.165) is 44.7 Å². The Morgan fingerprint density at radius 2 is 2.11 bits per heavy atom. The Hall–Kier alpha value is -0.930. The third kappa shape index (κ3) is 5.61. The molecule has 0 bridgehead atoms. The molecule has 1 unspecified atom stereocenters. The van der Waals surface area contributed by atoms with Crippen LogP contribution in [-0.2, 0) is 17.6 Å². The Kier molecular flexibility index (Phi) is 7.62.